The quantitative estimate of drug-likeness (QED) is 0.0222. The molecule has 19 heteroatoms. The number of hydrogen-bond acceptors (Lipinski definition) is 15. The first-order valence-corrected chi connectivity index (χ1v) is 37.8. The topological polar surface area (TPSA) is 237 Å². The van der Waals surface area contributed by atoms with Gasteiger partial charge in [-0.1, -0.05) is 280 Å². The first-order chi connectivity index (χ1) is 41.2. The van der Waals surface area contributed by atoms with Gasteiger partial charge in [0.25, 0.3) is 0 Å². The third-order valence-corrected chi connectivity index (χ3v) is 17.3. The highest BCUT2D eigenvalue weighted by atomic mass is 31.2. The highest BCUT2D eigenvalue weighted by Gasteiger charge is 2.30. The molecule has 0 bridgehead atoms. The van der Waals surface area contributed by atoms with Crippen molar-refractivity contribution in [2.45, 2.75) is 349 Å². The molecule has 0 saturated carbocycles. The van der Waals surface area contributed by atoms with E-state index < -0.39 is 97.5 Å². The molecular weight excluding hydrogens is 1140 g/mol. The van der Waals surface area contributed by atoms with Crippen LogP contribution in [0.2, 0.25) is 0 Å². The lowest BCUT2D eigenvalue weighted by atomic mass is 10.0. The van der Waals surface area contributed by atoms with Crippen molar-refractivity contribution in [1.29, 1.82) is 0 Å². The number of aliphatic hydroxyl groups is 1. The Labute approximate surface area is 524 Å². The number of aliphatic hydroxyl groups excluding tert-OH is 1. The Balaban J connectivity index is 5.24. The van der Waals surface area contributed by atoms with E-state index in [0.29, 0.717) is 31.6 Å². The van der Waals surface area contributed by atoms with Gasteiger partial charge in [-0.3, -0.25) is 37.3 Å². The Bertz CT molecular complexity index is 1700. The molecule has 3 N–H and O–H groups in total. The van der Waals surface area contributed by atoms with Crippen LogP contribution in [0.25, 0.3) is 0 Å². The summed E-state index contributed by atoms with van der Waals surface area (Å²) in [5, 5.41) is 10.6. The van der Waals surface area contributed by atoms with E-state index in [2.05, 4.69) is 48.5 Å². The molecule has 0 aromatic rings. The summed E-state index contributed by atoms with van der Waals surface area (Å²) in [6, 6.07) is 0. The molecule has 86 heavy (non-hydrogen) atoms. The molecule has 0 amide bonds. The molecule has 0 aliphatic heterocycles. The summed E-state index contributed by atoms with van der Waals surface area (Å²) in [5.74, 6) is 0.0713. The number of hydrogen-bond donors (Lipinski definition) is 3. The van der Waals surface area contributed by atoms with Crippen LogP contribution in [0.15, 0.2) is 0 Å². The van der Waals surface area contributed by atoms with Crippen LogP contribution >= 0.6 is 15.6 Å². The standard InChI is InChI=1S/C67H130O17P2/c1-8-9-10-11-12-13-21-27-36-43-50-66(71)84-63(55-78-65(70)49-42-35-30-29-33-40-47-60(6)7)57-82-86(75,76)80-53-61(68)52-79-85(73,74)81-56-62(54-77-64(69)48-41-34-26-22-18-17-20-25-32-39-46-59(4)5)83-67(72)51-44-37-28-23-16-14-15-19-24-31-38-45-58(2)3/h58-63,68H,8-57H2,1-7H3,(H,73,74)(H,75,76)/t61-,62-,63-/m1/s1. The molecule has 2 unspecified atom stereocenters. The van der Waals surface area contributed by atoms with Crippen molar-refractivity contribution in [3.05, 3.63) is 0 Å². The van der Waals surface area contributed by atoms with Crippen molar-refractivity contribution in [2.75, 3.05) is 39.6 Å². The summed E-state index contributed by atoms with van der Waals surface area (Å²) in [7, 11) is -9.89. The van der Waals surface area contributed by atoms with Crippen molar-refractivity contribution in [3.63, 3.8) is 0 Å². The normalized spacial score (nSPS) is 14.3. The second kappa shape index (κ2) is 58.2. The zero-order valence-corrected chi connectivity index (χ0v) is 57.6. The van der Waals surface area contributed by atoms with Crippen molar-refractivity contribution < 1.29 is 80.2 Å². The number of phosphoric ester groups is 2. The fourth-order valence-electron chi connectivity index (χ4n) is 10.0. The van der Waals surface area contributed by atoms with Crippen LogP contribution in [-0.4, -0.2) is 96.7 Å². The van der Waals surface area contributed by atoms with Gasteiger partial charge in [-0.05, 0) is 43.4 Å². The zero-order valence-electron chi connectivity index (χ0n) is 55.8. The van der Waals surface area contributed by atoms with Crippen LogP contribution in [0, 0.1) is 17.8 Å². The van der Waals surface area contributed by atoms with Gasteiger partial charge >= 0.3 is 39.5 Å². The Morgan fingerprint density at radius 1 is 0.314 bits per heavy atom. The molecule has 0 rings (SSSR count). The van der Waals surface area contributed by atoms with Gasteiger partial charge in [-0.2, -0.15) is 0 Å². The minimum atomic E-state index is -4.95. The highest BCUT2D eigenvalue weighted by Crippen LogP contribution is 2.45. The first kappa shape index (κ1) is 84.1. The lowest BCUT2D eigenvalue weighted by molar-refractivity contribution is -0.161. The highest BCUT2D eigenvalue weighted by molar-refractivity contribution is 7.47. The molecule has 0 aliphatic carbocycles. The Morgan fingerprint density at radius 3 is 0.791 bits per heavy atom. The van der Waals surface area contributed by atoms with Gasteiger partial charge in [0.2, 0.25) is 0 Å². The van der Waals surface area contributed by atoms with E-state index in [1.165, 1.54) is 135 Å². The lowest BCUT2D eigenvalue weighted by Crippen LogP contribution is -2.30. The van der Waals surface area contributed by atoms with Crippen LogP contribution in [0.5, 0.6) is 0 Å². The smallest absolute Gasteiger partial charge is 0.462 e. The average Bonchev–Trinajstić information content (AvgIpc) is 3.56. The third kappa shape index (κ3) is 60.9. The van der Waals surface area contributed by atoms with Crippen molar-refractivity contribution >= 4 is 39.5 Å². The number of phosphoric acid groups is 2. The number of carbonyl (C=O) groups excluding carboxylic acids is 4. The molecule has 17 nitrogen and oxygen atoms in total. The minimum absolute atomic E-state index is 0.105. The number of unbranched alkanes of at least 4 members (excludes halogenated alkanes) is 33. The monoisotopic (exact) mass is 1270 g/mol. The van der Waals surface area contributed by atoms with Crippen LogP contribution in [0.4, 0.5) is 0 Å². The molecule has 0 saturated heterocycles. The van der Waals surface area contributed by atoms with Gasteiger partial charge in [-0.15, -0.1) is 0 Å². The summed E-state index contributed by atoms with van der Waals surface area (Å²) in [5.41, 5.74) is 0. The maximum Gasteiger partial charge on any atom is 0.472 e. The van der Waals surface area contributed by atoms with Gasteiger partial charge in [0.1, 0.15) is 19.3 Å². The second-order valence-corrected chi connectivity index (χ2v) is 28.5. The Hall–Kier alpha value is -1.94. The molecule has 0 fully saturated rings. The molecule has 0 radical (unpaired) electrons. The summed E-state index contributed by atoms with van der Waals surface area (Å²) in [6.45, 7) is 11.7. The van der Waals surface area contributed by atoms with E-state index in [1.54, 1.807) is 0 Å². The van der Waals surface area contributed by atoms with Gasteiger partial charge in [-0.25, -0.2) is 9.13 Å². The molecule has 0 aromatic carbocycles. The van der Waals surface area contributed by atoms with Crippen LogP contribution in [0.1, 0.15) is 331 Å². The van der Waals surface area contributed by atoms with E-state index >= 15 is 0 Å². The van der Waals surface area contributed by atoms with Crippen molar-refractivity contribution in [3.8, 4) is 0 Å². The van der Waals surface area contributed by atoms with E-state index in [-0.39, 0.29) is 25.7 Å². The van der Waals surface area contributed by atoms with E-state index in [1.807, 2.05) is 0 Å². The molecule has 0 aliphatic rings. The van der Waals surface area contributed by atoms with Gasteiger partial charge < -0.3 is 33.8 Å². The fraction of sp³-hybridized carbons (Fsp3) is 0.940. The fourth-order valence-corrected chi connectivity index (χ4v) is 11.6. The predicted octanol–water partition coefficient (Wildman–Crippen LogP) is 18.7. The van der Waals surface area contributed by atoms with E-state index in [0.717, 1.165) is 108 Å². The molecule has 0 spiro atoms. The zero-order chi connectivity index (χ0) is 63.8. The van der Waals surface area contributed by atoms with Gasteiger partial charge in [0.15, 0.2) is 12.2 Å². The summed E-state index contributed by atoms with van der Waals surface area (Å²) < 4.78 is 68.1. The van der Waals surface area contributed by atoms with E-state index in [4.69, 9.17) is 37.0 Å². The summed E-state index contributed by atoms with van der Waals surface area (Å²) >= 11 is 0. The van der Waals surface area contributed by atoms with Gasteiger partial charge in [0, 0.05) is 25.7 Å². The predicted molar refractivity (Wildman–Crippen MR) is 344 cm³/mol. The Kier molecular flexibility index (Phi) is 56.9. The maximum absolute atomic E-state index is 13.0. The number of rotatable bonds is 65. The molecule has 0 aromatic heterocycles. The molecule has 510 valence electrons. The maximum atomic E-state index is 13.0. The molecule has 5 atom stereocenters. The average molecular weight is 1270 g/mol. The minimum Gasteiger partial charge on any atom is -0.462 e. The van der Waals surface area contributed by atoms with Crippen molar-refractivity contribution in [1.82, 2.24) is 0 Å². The van der Waals surface area contributed by atoms with Crippen LogP contribution in [0.3, 0.4) is 0 Å². The molecule has 0 heterocycles. The first-order valence-electron chi connectivity index (χ1n) is 34.8. The largest absolute Gasteiger partial charge is 0.472 e. The molecular formula is C67H130O17P2. The summed E-state index contributed by atoms with van der Waals surface area (Å²) in [4.78, 5) is 72.3. The summed E-state index contributed by atoms with van der Waals surface area (Å²) in [6.07, 6.45) is 40.4. The number of carbonyl (C=O) groups is 4. The number of esters is 4. The lowest BCUT2D eigenvalue weighted by Gasteiger charge is -2.21. The van der Waals surface area contributed by atoms with Gasteiger partial charge in [0.05, 0.1) is 26.4 Å². The van der Waals surface area contributed by atoms with Crippen LogP contribution < -0.4 is 0 Å². The van der Waals surface area contributed by atoms with Crippen LogP contribution in [-0.2, 0) is 65.4 Å². The van der Waals surface area contributed by atoms with Crippen molar-refractivity contribution in [2.24, 2.45) is 17.8 Å². The Morgan fingerprint density at radius 2 is 0.535 bits per heavy atom. The third-order valence-electron chi connectivity index (χ3n) is 15.4. The second-order valence-electron chi connectivity index (χ2n) is 25.6. The SMILES string of the molecule is CCCCCCCCCCCCC(=O)O[C@H](COC(=O)CCCCCCCCC(C)C)COP(=O)(O)OC[C@H](O)COP(=O)(O)OC[C@@H](COC(=O)CCCCCCCCCCCCC(C)C)OC(=O)CCCCCCCCCCCCCC(C)C. The number of ether oxygens (including phenoxy) is 4. The van der Waals surface area contributed by atoms with E-state index in [9.17, 15) is 43.2 Å².